The third kappa shape index (κ3) is 2.35. The van der Waals surface area contributed by atoms with Crippen LogP contribution in [0.3, 0.4) is 0 Å². The molecule has 0 aliphatic rings. The highest BCUT2D eigenvalue weighted by Crippen LogP contribution is 2.28. The Labute approximate surface area is 110 Å². The zero-order valence-corrected chi connectivity index (χ0v) is 10.5. The monoisotopic (exact) mass is 286 g/mol. The molecule has 0 radical (unpaired) electrons. The highest BCUT2D eigenvalue weighted by atomic mass is 32.1. The molecule has 1 unspecified atom stereocenters. The molecule has 0 bridgehead atoms. The van der Waals surface area contributed by atoms with E-state index in [1.165, 1.54) is 21.9 Å². The molecule has 0 aliphatic heterocycles. The lowest BCUT2D eigenvalue weighted by molar-refractivity contribution is -0.389. The van der Waals surface area contributed by atoms with Crippen LogP contribution in [-0.2, 0) is 4.79 Å². The lowest BCUT2D eigenvalue weighted by atomic mass is 10.1. The van der Waals surface area contributed by atoms with Crippen molar-refractivity contribution >= 4 is 33.9 Å². The van der Waals surface area contributed by atoms with E-state index in [0.29, 0.717) is 4.96 Å². The Kier molecular flexibility index (Phi) is 3.12. The number of hydrogen-bond acceptors (Lipinski definition) is 7. The van der Waals surface area contributed by atoms with Crippen LogP contribution in [0.25, 0.3) is 4.96 Å². The molecule has 0 aromatic carbocycles. The van der Waals surface area contributed by atoms with Gasteiger partial charge >= 0.3 is 11.8 Å². The number of carboxylic acid groups (broad SMARTS) is 1. The predicted octanol–water partition coefficient (Wildman–Crippen LogP) is 0.551. The minimum atomic E-state index is -2.04. The molecule has 2 aromatic heterocycles. The van der Waals surface area contributed by atoms with Gasteiger partial charge in [0.05, 0.1) is 6.54 Å². The molecule has 1 atom stereocenters. The number of thiazole rings is 1. The van der Waals surface area contributed by atoms with Gasteiger partial charge in [-0.2, -0.15) is 9.38 Å². The van der Waals surface area contributed by atoms with Gasteiger partial charge in [0.25, 0.3) is 4.96 Å². The molecule has 2 rings (SSSR count). The Morgan fingerprint density at radius 1 is 1.74 bits per heavy atom. The number of rotatable bonds is 5. The molecule has 0 amide bonds. The van der Waals surface area contributed by atoms with Crippen molar-refractivity contribution in [2.75, 3.05) is 11.9 Å². The molecule has 9 nitrogen and oxygen atoms in total. The van der Waals surface area contributed by atoms with Crippen LogP contribution in [0.15, 0.2) is 11.6 Å². The molecule has 0 saturated heterocycles. The second kappa shape index (κ2) is 4.48. The second-order valence-electron chi connectivity index (χ2n) is 4.03. The summed E-state index contributed by atoms with van der Waals surface area (Å²) in [6, 6.07) is 0. The molecule has 10 heteroatoms. The summed E-state index contributed by atoms with van der Waals surface area (Å²) >= 11 is 1.21. The van der Waals surface area contributed by atoms with Gasteiger partial charge in [0.1, 0.15) is 6.20 Å². The average Bonchev–Trinajstić information content (AvgIpc) is 2.84. The van der Waals surface area contributed by atoms with Crippen molar-refractivity contribution in [1.82, 2.24) is 9.38 Å². The maximum atomic E-state index is 11.0. The summed E-state index contributed by atoms with van der Waals surface area (Å²) in [5, 5.41) is 33.4. The van der Waals surface area contributed by atoms with Crippen molar-refractivity contribution in [1.29, 1.82) is 0 Å². The highest BCUT2D eigenvalue weighted by Gasteiger charge is 2.32. The SMILES string of the molecule is CC(O)(CNc1nc2sccn2c1[N+](=O)[O-])C(=O)O. The van der Waals surface area contributed by atoms with Gasteiger partial charge in [-0.1, -0.05) is 11.3 Å². The van der Waals surface area contributed by atoms with Gasteiger partial charge in [0, 0.05) is 5.38 Å². The molecular formula is C9H10N4O5S. The zero-order valence-electron chi connectivity index (χ0n) is 9.73. The number of hydrogen-bond donors (Lipinski definition) is 3. The van der Waals surface area contributed by atoms with Gasteiger partial charge in [-0.25, -0.2) is 4.79 Å². The maximum Gasteiger partial charge on any atom is 0.372 e. The van der Waals surface area contributed by atoms with Crippen LogP contribution in [0, 0.1) is 10.1 Å². The summed E-state index contributed by atoms with van der Waals surface area (Å²) in [6.07, 6.45) is 1.49. The Morgan fingerprint density at radius 2 is 2.42 bits per heavy atom. The highest BCUT2D eigenvalue weighted by molar-refractivity contribution is 7.15. The van der Waals surface area contributed by atoms with Gasteiger partial charge in [0.15, 0.2) is 5.60 Å². The quantitative estimate of drug-likeness (QED) is 0.540. The summed E-state index contributed by atoms with van der Waals surface area (Å²) in [6.45, 7) is 0.695. The number of aromatic nitrogens is 2. The number of aliphatic hydroxyl groups is 1. The van der Waals surface area contributed by atoms with E-state index in [1.807, 2.05) is 0 Å². The van der Waals surface area contributed by atoms with Crippen molar-refractivity contribution in [3.63, 3.8) is 0 Å². The molecule has 0 spiro atoms. The van der Waals surface area contributed by atoms with E-state index < -0.39 is 23.0 Å². The number of aliphatic carboxylic acids is 1. The van der Waals surface area contributed by atoms with E-state index in [9.17, 15) is 20.0 Å². The van der Waals surface area contributed by atoms with Crippen molar-refractivity contribution in [3.05, 3.63) is 21.7 Å². The molecule has 2 aromatic rings. The molecule has 102 valence electrons. The Hall–Kier alpha value is -2.20. The average molecular weight is 286 g/mol. The normalized spacial score (nSPS) is 14.2. The minimum absolute atomic E-state index is 0.0709. The smallest absolute Gasteiger partial charge is 0.372 e. The van der Waals surface area contributed by atoms with E-state index >= 15 is 0 Å². The van der Waals surface area contributed by atoms with Crippen LogP contribution < -0.4 is 5.32 Å². The Morgan fingerprint density at radius 3 is 3.00 bits per heavy atom. The Bertz CT molecular complexity index is 646. The first-order valence-corrected chi connectivity index (χ1v) is 6.00. The first-order valence-electron chi connectivity index (χ1n) is 5.12. The second-order valence-corrected chi connectivity index (χ2v) is 4.90. The van der Waals surface area contributed by atoms with Crippen LogP contribution >= 0.6 is 11.3 Å². The number of fused-ring (bicyclic) bond motifs is 1. The van der Waals surface area contributed by atoms with Crippen LogP contribution in [0.1, 0.15) is 6.92 Å². The van der Waals surface area contributed by atoms with Crippen LogP contribution in [0.5, 0.6) is 0 Å². The number of nitrogens with one attached hydrogen (secondary N) is 1. The van der Waals surface area contributed by atoms with E-state index in [0.717, 1.165) is 6.92 Å². The van der Waals surface area contributed by atoms with Gasteiger partial charge in [-0.15, -0.1) is 0 Å². The largest absolute Gasteiger partial charge is 0.479 e. The molecule has 0 aliphatic carbocycles. The number of anilines is 1. The zero-order chi connectivity index (χ0) is 14.2. The molecule has 0 fully saturated rings. The first-order chi connectivity index (χ1) is 8.83. The lowest BCUT2D eigenvalue weighted by Crippen LogP contribution is -2.41. The van der Waals surface area contributed by atoms with E-state index in [-0.39, 0.29) is 11.6 Å². The number of nitrogens with zero attached hydrogens (tertiary/aromatic N) is 3. The lowest BCUT2D eigenvalue weighted by Gasteiger charge is -2.17. The van der Waals surface area contributed by atoms with E-state index in [1.54, 1.807) is 5.38 Å². The fourth-order valence-electron chi connectivity index (χ4n) is 1.40. The summed E-state index contributed by atoms with van der Waals surface area (Å²) in [5.41, 5.74) is -2.04. The number of imidazole rings is 1. The summed E-state index contributed by atoms with van der Waals surface area (Å²) in [4.78, 5) is 25.5. The first kappa shape index (κ1) is 13.2. The standard InChI is InChI=1S/C9H10N4O5S/c1-9(16,7(14)15)4-10-5-6(13(17)18)12-2-3-19-8(12)11-5/h2-3,10,16H,4H2,1H3,(H,14,15). The third-order valence-corrected chi connectivity index (χ3v) is 3.23. The maximum absolute atomic E-state index is 11.0. The third-order valence-electron chi connectivity index (χ3n) is 2.47. The summed E-state index contributed by atoms with van der Waals surface area (Å²) in [7, 11) is 0. The number of nitro groups is 1. The summed E-state index contributed by atoms with van der Waals surface area (Å²) in [5.74, 6) is -1.79. The Balaban J connectivity index is 2.30. The van der Waals surface area contributed by atoms with Gasteiger partial charge < -0.3 is 25.6 Å². The van der Waals surface area contributed by atoms with Gasteiger partial charge in [0.2, 0.25) is 5.82 Å². The molecule has 0 saturated carbocycles. The number of carbonyl (C=O) groups is 1. The van der Waals surface area contributed by atoms with Crippen LogP contribution in [0.4, 0.5) is 11.6 Å². The molecule has 3 N–H and O–H groups in total. The van der Waals surface area contributed by atoms with Crippen LogP contribution in [-0.4, -0.2) is 42.6 Å². The molecule has 2 heterocycles. The van der Waals surface area contributed by atoms with Crippen molar-refractivity contribution in [2.45, 2.75) is 12.5 Å². The summed E-state index contributed by atoms with van der Waals surface area (Å²) < 4.78 is 1.28. The fourth-order valence-corrected chi connectivity index (χ4v) is 2.11. The van der Waals surface area contributed by atoms with Crippen molar-refractivity contribution < 1.29 is 19.9 Å². The van der Waals surface area contributed by atoms with Gasteiger partial charge in [-0.05, 0) is 11.8 Å². The molecule has 19 heavy (non-hydrogen) atoms. The van der Waals surface area contributed by atoms with Crippen molar-refractivity contribution in [3.8, 4) is 0 Å². The molecular weight excluding hydrogens is 276 g/mol. The topological polar surface area (TPSA) is 130 Å². The predicted molar refractivity (Wildman–Crippen MR) is 66.5 cm³/mol. The number of carboxylic acids is 1. The van der Waals surface area contributed by atoms with Crippen molar-refractivity contribution in [2.24, 2.45) is 0 Å². The minimum Gasteiger partial charge on any atom is -0.479 e. The van der Waals surface area contributed by atoms with E-state index in [4.69, 9.17) is 5.11 Å². The van der Waals surface area contributed by atoms with Gasteiger partial charge in [-0.3, -0.25) is 0 Å². The fraction of sp³-hybridized carbons (Fsp3) is 0.333. The van der Waals surface area contributed by atoms with Crippen LogP contribution in [0.2, 0.25) is 0 Å². The van der Waals surface area contributed by atoms with E-state index in [2.05, 4.69) is 10.3 Å².